The van der Waals surface area contributed by atoms with Crippen LogP contribution >= 0.6 is 0 Å². The Kier molecular flexibility index (Phi) is 5.66. The molecule has 0 unspecified atom stereocenters. The Morgan fingerprint density at radius 1 is 1.48 bits per heavy atom. The van der Waals surface area contributed by atoms with Crippen LogP contribution in [0.15, 0.2) is 18.5 Å². The zero-order valence-corrected chi connectivity index (χ0v) is 15.4. The zero-order chi connectivity index (χ0) is 17.9. The van der Waals surface area contributed by atoms with Gasteiger partial charge in [-0.25, -0.2) is 0 Å². The first-order chi connectivity index (χ1) is 12.0. The molecule has 1 amide bonds. The number of hydrogen-bond acceptors (Lipinski definition) is 6. The molecule has 2 fully saturated rings. The number of carbonyl (C=O) groups is 1. The van der Waals surface area contributed by atoms with Crippen LogP contribution in [-0.2, 0) is 9.47 Å². The zero-order valence-electron chi connectivity index (χ0n) is 15.4. The lowest BCUT2D eigenvalue weighted by molar-refractivity contribution is -0.0539. The van der Waals surface area contributed by atoms with Crippen molar-refractivity contribution in [1.29, 1.82) is 0 Å². The number of rotatable bonds is 4. The summed E-state index contributed by atoms with van der Waals surface area (Å²) in [6.07, 6.45) is 3.97. The first-order valence-electron chi connectivity index (χ1n) is 8.97. The number of ether oxygens (including phenoxy) is 2. The predicted molar refractivity (Wildman–Crippen MR) is 93.3 cm³/mol. The van der Waals surface area contributed by atoms with Gasteiger partial charge in [0.15, 0.2) is 0 Å². The molecule has 1 aromatic heterocycles. The molecule has 25 heavy (non-hydrogen) atoms. The maximum absolute atomic E-state index is 12.8. The van der Waals surface area contributed by atoms with E-state index in [1.54, 1.807) is 12.3 Å². The normalized spacial score (nSPS) is 27.2. The Morgan fingerprint density at radius 2 is 2.32 bits per heavy atom. The minimum absolute atomic E-state index is 0.0360. The summed E-state index contributed by atoms with van der Waals surface area (Å²) in [6.45, 7) is 8.34. The van der Waals surface area contributed by atoms with Crippen LogP contribution in [-0.4, -0.2) is 84.0 Å². The lowest BCUT2D eigenvalue weighted by Gasteiger charge is -2.31. The number of nitrogens with zero attached hydrogens (tertiary/aromatic N) is 4. The largest absolute Gasteiger partial charge is 0.377 e. The molecule has 0 bridgehead atoms. The summed E-state index contributed by atoms with van der Waals surface area (Å²) in [5.74, 6) is 0.430. The van der Waals surface area contributed by atoms with E-state index in [0.29, 0.717) is 43.8 Å². The smallest absolute Gasteiger partial charge is 0.255 e. The minimum atomic E-state index is -0.394. The van der Waals surface area contributed by atoms with Gasteiger partial charge in [-0.2, -0.15) is 10.2 Å². The highest BCUT2D eigenvalue weighted by Crippen LogP contribution is 2.33. The average molecular weight is 348 g/mol. The van der Waals surface area contributed by atoms with Gasteiger partial charge >= 0.3 is 0 Å². The second kappa shape index (κ2) is 7.76. The molecule has 2 saturated heterocycles. The van der Waals surface area contributed by atoms with E-state index >= 15 is 0 Å². The van der Waals surface area contributed by atoms with Gasteiger partial charge in [0.05, 0.1) is 44.3 Å². The molecule has 138 valence electrons. The van der Waals surface area contributed by atoms with Gasteiger partial charge in [-0.15, -0.1) is 0 Å². The summed E-state index contributed by atoms with van der Waals surface area (Å²) in [6, 6.07) is 2.21. The van der Waals surface area contributed by atoms with Gasteiger partial charge in [0.1, 0.15) is 5.60 Å². The van der Waals surface area contributed by atoms with Crippen LogP contribution < -0.4 is 0 Å². The Labute approximate surface area is 149 Å². The lowest BCUT2D eigenvalue weighted by atomic mass is 9.93. The lowest BCUT2D eigenvalue weighted by Crippen LogP contribution is -2.46. The Bertz CT molecular complexity index is 583. The van der Waals surface area contributed by atoms with Crippen LogP contribution in [0.1, 0.15) is 30.6 Å². The molecule has 2 atom stereocenters. The highest BCUT2D eigenvalue weighted by Gasteiger charge is 2.44. The van der Waals surface area contributed by atoms with Crippen molar-refractivity contribution in [3.63, 3.8) is 0 Å². The molecule has 0 N–H and O–H groups in total. The van der Waals surface area contributed by atoms with Gasteiger partial charge < -0.3 is 19.3 Å². The molecule has 0 aliphatic carbocycles. The molecule has 0 radical (unpaired) electrons. The third kappa shape index (κ3) is 4.34. The fourth-order valence-electron chi connectivity index (χ4n) is 3.56. The molecule has 3 heterocycles. The van der Waals surface area contributed by atoms with Crippen molar-refractivity contribution in [3.05, 3.63) is 24.0 Å². The van der Waals surface area contributed by atoms with Crippen molar-refractivity contribution in [2.75, 3.05) is 46.5 Å². The highest BCUT2D eigenvalue weighted by molar-refractivity contribution is 5.93. The number of aromatic nitrogens is 2. The quantitative estimate of drug-likeness (QED) is 0.811. The van der Waals surface area contributed by atoms with Gasteiger partial charge in [0.2, 0.25) is 0 Å². The van der Waals surface area contributed by atoms with Crippen LogP contribution in [0.4, 0.5) is 0 Å². The van der Waals surface area contributed by atoms with Crippen molar-refractivity contribution >= 4 is 5.91 Å². The van der Waals surface area contributed by atoms with Crippen molar-refractivity contribution in [2.24, 2.45) is 5.92 Å². The van der Waals surface area contributed by atoms with Gasteiger partial charge in [-0.05, 0) is 39.3 Å². The van der Waals surface area contributed by atoms with Crippen molar-refractivity contribution < 1.29 is 14.3 Å². The van der Waals surface area contributed by atoms with E-state index in [0.717, 1.165) is 19.6 Å². The number of hydrogen-bond donors (Lipinski definition) is 0. The first-order valence-corrected chi connectivity index (χ1v) is 8.97. The molecule has 0 saturated carbocycles. The fourth-order valence-corrected chi connectivity index (χ4v) is 3.56. The molecule has 7 nitrogen and oxygen atoms in total. The molecule has 7 heteroatoms. The highest BCUT2D eigenvalue weighted by atomic mass is 16.5. The molecule has 1 spiro atoms. The number of amides is 1. The molecule has 0 aromatic carbocycles. The van der Waals surface area contributed by atoms with E-state index in [4.69, 9.17) is 9.47 Å². The van der Waals surface area contributed by atoms with Gasteiger partial charge in [0.25, 0.3) is 5.91 Å². The third-order valence-electron chi connectivity index (χ3n) is 5.18. The molecule has 3 rings (SSSR count). The van der Waals surface area contributed by atoms with E-state index in [1.165, 1.54) is 6.20 Å². The standard InChI is InChI=1S/C18H28N4O3/c1-14(2)21(3)10-15-8-18(25-11-15)12-22(6-7-24-13-18)17(23)16-4-5-19-20-9-16/h4-5,9,14-15H,6-8,10-13H2,1-3H3/t15-,18-/m0/s1. The van der Waals surface area contributed by atoms with Crippen molar-refractivity contribution in [1.82, 2.24) is 20.0 Å². The van der Waals surface area contributed by atoms with Crippen LogP contribution in [0.25, 0.3) is 0 Å². The summed E-state index contributed by atoms with van der Waals surface area (Å²) >= 11 is 0. The van der Waals surface area contributed by atoms with Crippen LogP contribution in [0.5, 0.6) is 0 Å². The second-order valence-corrected chi connectivity index (χ2v) is 7.51. The topological polar surface area (TPSA) is 67.8 Å². The molecule has 2 aliphatic rings. The Balaban J connectivity index is 1.67. The van der Waals surface area contributed by atoms with E-state index in [2.05, 4.69) is 36.0 Å². The molecule has 1 aromatic rings. The maximum Gasteiger partial charge on any atom is 0.255 e. The molecular weight excluding hydrogens is 320 g/mol. The predicted octanol–water partition coefficient (Wildman–Crippen LogP) is 1.06. The van der Waals surface area contributed by atoms with Gasteiger partial charge in [-0.1, -0.05) is 0 Å². The van der Waals surface area contributed by atoms with Crippen LogP contribution in [0.3, 0.4) is 0 Å². The Morgan fingerprint density at radius 3 is 3.04 bits per heavy atom. The molecule has 2 aliphatic heterocycles. The van der Waals surface area contributed by atoms with Crippen LogP contribution in [0.2, 0.25) is 0 Å². The molecular formula is C18H28N4O3. The summed E-state index contributed by atoms with van der Waals surface area (Å²) < 4.78 is 12.0. The third-order valence-corrected chi connectivity index (χ3v) is 5.18. The van der Waals surface area contributed by atoms with Gasteiger partial charge in [0, 0.05) is 19.1 Å². The van der Waals surface area contributed by atoms with E-state index in [9.17, 15) is 4.79 Å². The second-order valence-electron chi connectivity index (χ2n) is 7.51. The van der Waals surface area contributed by atoms with Crippen molar-refractivity contribution in [2.45, 2.75) is 31.9 Å². The van der Waals surface area contributed by atoms with Crippen LogP contribution in [0, 0.1) is 5.92 Å². The Hall–Kier alpha value is -1.57. The van der Waals surface area contributed by atoms with E-state index < -0.39 is 5.60 Å². The fraction of sp³-hybridized carbons (Fsp3) is 0.722. The van der Waals surface area contributed by atoms with E-state index in [-0.39, 0.29) is 5.91 Å². The van der Waals surface area contributed by atoms with Crippen molar-refractivity contribution in [3.8, 4) is 0 Å². The van der Waals surface area contributed by atoms with Gasteiger partial charge in [-0.3, -0.25) is 4.79 Å². The average Bonchev–Trinajstić information content (AvgIpc) is 2.87. The maximum atomic E-state index is 12.8. The first kappa shape index (κ1) is 18.2. The SMILES string of the molecule is CC(C)N(C)C[C@H]1CO[C@@]2(COCCN(C(=O)c3ccnnc3)C2)C1. The number of carbonyl (C=O) groups excluding carboxylic acids is 1. The summed E-state index contributed by atoms with van der Waals surface area (Å²) in [5, 5.41) is 7.55. The van der Waals surface area contributed by atoms with E-state index in [1.807, 2.05) is 4.90 Å². The summed E-state index contributed by atoms with van der Waals surface area (Å²) in [7, 11) is 2.14. The summed E-state index contributed by atoms with van der Waals surface area (Å²) in [5.41, 5.74) is 0.163. The minimum Gasteiger partial charge on any atom is -0.377 e. The monoisotopic (exact) mass is 348 g/mol. The summed E-state index contributed by atoms with van der Waals surface area (Å²) in [4.78, 5) is 17.0.